The first-order chi connectivity index (χ1) is 18.6. The second-order valence-electron chi connectivity index (χ2n) is 9.50. The zero-order valence-corrected chi connectivity index (χ0v) is 23.7. The molecule has 0 unspecified atom stereocenters. The fraction of sp³-hybridized carbons (Fsp3) is 0.333. The van der Waals surface area contributed by atoms with Crippen molar-refractivity contribution >= 4 is 27.5 Å². The molecule has 0 bridgehead atoms. The number of carbonyl (C=O) groups excluding carboxylic acids is 2. The Morgan fingerprint density at radius 2 is 1.54 bits per heavy atom. The third-order valence-electron chi connectivity index (χ3n) is 6.48. The predicted molar refractivity (Wildman–Crippen MR) is 154 cm³/mol. The van der Waals surface area contributed by atoms with E-state index in [1.54, 1.807) is 49.6 Å². The van der Waals surface area contributed by atoms with Gasteiger partial charge in [-0.15, -0.1) is 0 Å². The third-order valence-corrected chi connectivity index (χ3v) is 7.62. The molecule has 2 amide bonds. The molecule has 3 rings (SSSR count). The maximum absolute atomic E-state index is 14.0. The molecule has 0 aliphatic heterocycles. The van der Waals surface area contributed by atoms with Crippen molar-refractivity contribution in [2.75, 3.05) is 24.2 Å². The molecule has 0 spiro atoms. The summed E-state index contributed by atoms with van der Waals surface area (Å²) in [4.78, 5) is 29.2. The Morgan fingerprint density at radius 1 is 0.923 bits per heavy atom. The van der Waals surface area contributed by atoms with Crippen molar-refractivity contribution < 1.29 is 22.7 Å². The van der Waals surface area contributed by atoms with Crippen LogP contribution in [0, 0.1) is 0 Å². The van der Waals surface area contributed by atoms with E-state index in [9.17, 15) is 18.0 Å². The fourth-order valence-electron chi connectivity index (χ4n) is 4.17. The molecular formula is C30H37N3O5S. The van der Waals surface area contributed by atoms with E-state index in [0.29, 0.717) is 11.4 Å². The molecular weight excluding hydrogens is 514 g/mol. The predicted octanol–water partition coefficient (Wildman–Crippen LogP) is 4.02. The van der Waals surface area contributed by atoms with Crippen molar-refractivity contribution in [2.24, 2.45) is 0 Å². The molecule has 2 atom stereocenters. The second-order valence-corrected chi connectivity index (χ2v) is 11.4. The highest BCUT2D eigenvalue weighted by Gasteiger charge is 2.33. The molecule has 0 fully saturated rings. The van der Waals surface area contributed by atoms with Crippen LogP contribution in [-0.2, 0) is 32.6 Å². The van der Waals surface area contributed by atoms with Crippen LogP contribution < -0.4 is 14.4 Å². The molecule has 9 heteroatoms. The van der Waals surface area contributed by atoms with Crippen LogP contribution in [0.4, 0.5) is 5.69 Å². The van der Waals surface area contributed by atoms with Gasteiger partial charge in [-0.25, -0.2) is 8.42 Å². The summed E-state index contributed by atoms with van der Waals surface area (Å²) in [6, 6.07) is 24.2. The minimum atomic E-state index is -3.79. The summed E-state index contributed by atoms with van der Waals surface area (Å²) in [6.07, 6.45) is 2.06. The summed E-state index contributed by atoms with van der Waals surface area (Å²) in [6.45, 7) is 3.52. The summed E-state index contributed by atoms with van der Waals surface area (Å²) < 4.78 is 32.0. The number of methoxy groups -OCH3 is 1. The average Bonchev–Trinajstić information content (AvgIpc) is 2.93. The second kappa shape index (κ2) is 13.8. The van der Waals surface area contributed by atoms with E-state index >= 15 is 0 Å². The van der Waals surface area contributed by atoms with Gasteiger partial charge in [-0.05, 0) is 48.7 Å². The number of hydrogen-bond acceptors (Lipinski definition) is 5. The molecule has 0 aliphatic carbocycles. The van der Waals surface area contributed by atoms with Crippen molar-refractivity contribution in [3.8, 4) is 5.75 Å². The number of benzene rings is 3. The minimum absolute atomic E-state index is 0.0911. The molecule has 0 aliphatic rings. The van der Waals surface area contributed by atoms with Crippen molar-refractivity contribution in [1.29, 1.82) is 0 Å². The number of hydrogen-bond donors (Lipinski definition) is 1. The Hall–Kier alpha value is -3.85. The van der Waals surface area contributed by atoms with E-state index in [-0.39, 0.29) is 24.9 Å². The van der Waals surface area contributed by atoms with Crippen molar-refractivity contribution in [3.05, 3.63) is 96.1 Å². The molecule has 1 N–H and O–H groups in total. The maximum Gasteiger partial charge on any atom is 0.244 e. The van der Waals surface area contributed by atoms with Gasteiger partial charge in [0.25, 0.3) is 0 Å². The number of amides is 2. The molecule has 39 heavy (non-hydrogen) atoms. The lowest BCUT2D eigenvalue weighted by Gasteiger charge is -2.34. The van der Waals surface area contributed by atoms with Gasteiger partial charge in [0.05, 0.1) is 19.1 Å². The van der Waals surface area contributed by atoms with Crippen LogP contribution in [0.5, 0.6) is 5.75 Å². The summed E-state index contributed by atoms with van der Waals surface area (Å²) in [5.74, 6) is -0.173. The van der Waals surface area contributed by atoms with Crippen LogP contribution in [0.25, 0.3) is 0 Å². The topological polar surface area (TPSA) is 96.0 Å². The quantitative estimate of drug-likeness (QED) is 0.346. The van der Waals surface area contributed by atoms with Crippen molar-refractivity contribution in [1.82, 2.24) is 10.2 Å². The SMILES string of the molecule is CC[C@H](C)NC(=O)[C@H](Cc1ccccc1)N(Cc1cccc(OC)c1)C(=O)CN(c1ccccc1)S(C)(=O)=O. The zero-order chi connectivity index (χ0) is 28.4. The van der Waals surface area contributed by atoms with Gasteiger partial charge in [0.15, 0.2) is 0 Å². The van der Waals surface area contributed by atoms with Crippen LogP contribution in [-0.4, -0.2) is 57.1 Å². The highest BCUT2D eigenvalue weighted by molar-refractivity contribution is 7.92. The molecule has 208 valence electrons. The minimum Gasteiger partial charge on any atom is -0.497 e. The Bertz CT molecular complexity index is 1330. The van der Waals surface area contributed by atoms with Gasteiger partial charge in [0, 0.05) is 19.0 Å². The van der Waals surface area contributed by atoms with E-state index in [0.717, 1.165) is 28.1 Å². The van der Waals surface area contributed by atoms with E-state index in [1.807, 2.05) is 56.3 Å². The highest BCUT2D eigenvalue weighted by atomic mass is 32.2. The van der Waals surface area contributed by atoms with E-state index in [1.165, 1.54) is 4.90 Å². The lowest BCUT2D eigenvalue weighted by atomic mass is 10.0. The number of rotatable bonds is 13. The number of nitrogens with zero attached hydrogens (tertiary/aromatic N) is 2. The van der Waals surface area contributed by atoms with Gasteiger partial charge in [-0.3, -0.25) is 13.9 Å². The van der Waals surface area contributed by atoms with Gasteiger partial charge in [-0.2, -0.15) is 0 Å². The smallest absolute Gasteiger partial charge is 0.244 e. The number of ether oxygens (including phenoxy) is 1. The summed E-state index contributed by atoms with van der Waals surface area (Å²) in [7, 11) is -2.23. The first-order valence-electron chi connectivity index (χ1n) is 12.9. The van der Waals surface area contributed by atoms with Crippen molar-refractivity contribution in [2.45, 2.75) is 45.3 Å². The van der Waals surface area contributed by atoms with Gasteiger partial charge >= 0.3 is 0 Å². The highest BCUT2D eigenvalue weighted by Crippen LogP contribution is 2.21. The third kappa shape index (κ3) is 8.58. The van der Waals surface area contributed by atoms with E-state index in [4.69, 9.17) is 4.74 Å². The molecule has 0 saturated carbocycles. The summed E-state index contributed by atoms with van der Waals surface area (Å²) in [5, 5.41) is 3.02. The normalized spacial score (nSPS) is 12.7. The molecule has 0 saturated heterocycles. The number of nitrogens with one attached hydrogen (secondary N) is 1. The van der Waals surface area contributed by atoms with Crippen LogP contribution in [0.3, 0.4) is 0 Å². The van der Waals surface area contributed by atoms with E-state index < -0.39 is 28.5 Å². The van der Waals surface area contributed by atoms with Crippen LogP contribution in [0.1, 0.15) is 31.4 Å². The Morgan fingerprint density at radius 3 is 2.13 bits per heavy atom. The fourth-order valence-corrected chi connectivity index (χ4v) is 5.02. The van der Waals surface area contributed by atoms with Gasteiger partial charge < -0.3 is 15.0 Å². The standard InChI is InChI=1S/C30H37N3O5S/c1-5-23(2)31-30(35)28(20-24-13-8-6-9-14-24)32(21-25-15-12-18-27(19-25)38-3)29(34)22-33(39(4,36)37)26-16-10-7-11-17-26/h6-19,23,28H,5,20-22H2,1-4H3,(H,31,35)/t23-,28-/m0/s1. The maximum atomic E-state index is 14.0. The molecule has 0 heterocycles. The van der Waals surface area contributed by atoms with Crippen LogP contribution in [0.15, 0.2) is 84.9 Å². The number of sulfonamides is 1. The number of carbonyl (C=O) groups is 2. The number of anilines is 1. The Labute approximate surface area is 231 Å². The lowest BCUT2D eigenvalue weighted by molar-refractivity contribution is -0.140. The Kier molecular flexibility index (Phi) is 10.5. The monoisotopic (exact) mass is 551 g/mol. The molecule has 0 aromatic heterocycles. The lowest BCUT2D eigenvalue weighted by Crippen LogP contribution is -2.54. The average molecular weight is 552 g/mol. The van der Waals surface area contributed by atoms with Crippen molar-refractivity contribution in [3.63, 3.8) is 0 Å². The van der Waals surface area contributed by atoms with E-state index in [2.05, 4.69) is 5.32 Å². The van der Waals surface area contributed by atoms with Gasteiger partial charge in [0.1, 0.15) is 18.3 Å². The first-order valence-corrected chi connectivity index (χ1v) is 14.8. The first kappa shape index (κ1) is 29.7. The van der Waals surface area contributed by atoms with Crippen LogP contribution in [0.2, 0.25) is 0 Å². The summed E-state index contributed by atoms with van der Waals surface area (Å²) in [5.41, 5.74) is 2.01. The van der Waals surface area contributed by atoms with Gasteiger partial charge in [-0.1, -0.05) is 67.6 Å². The molecule has 3 aromatic rings. The van der Waals surface area contributed by atoms with Gasteiger partial charge in [0.2, 0.25) is 21.8 Å². The zero-order valence-electron chi connectivity index (χ0n) is 22.9. The molecule has 0 radical (unpaired) electrons. The molecule has 8 nitrogen and oxygen atoms in total. The molecule has 3 aromatic carbocycles. The van der Waals surface area contributed by atoms with Crippen LogP contribution >= 0.6 is 0 Å². The largest absolute Gasteiger partial charge is 0.497 e. The number of para-hydroxylation sites is 1. The summed E-state index contributed by atoms with van der Waals surface area (Å²) >= 11 is 0. The Balaban J connectivity index is 2.06.